The van der Waals surface area contributed by atoms with Crippen molar-refractivity contribution in [2.45, 2.75) is 25.3 Å². The molecule has 0 spiro atoms. The maximum absolute atomic E-state index is 12.2. The second kappa shape index (κ2) is 8.98. The smallest absolute Gasteiger partial charge is 0.321 e. The molecule has 2 N–H and O–H groups in total. The number of aromatic nitrogens is 1. The molecule has 0 fully saturated rings. The molecule has 2 aromatic rings. The number of halogens is 1. The van der Waals surface area contributed by atoms with E-state index in [2.05, 4.69) is 15.2 Å². The fourth-order valence-electron chi connectivity index (χ4n) is 2.17. The van der Waals surface area contributed by atoms with Crippen LogP contribution >= 0.6 is 11.6 Å². The average molecular weight is 416 g/mol. The Balaban J connectivity index is 1.77. The van der Waals surface area contributed by atoms with Crippen molar-refractivity contribution in [2.24, 2.45) is 0 Å². The Kier molecular flexibility index (Phi) is 6.94. The quantitative estimate of drug-likeness (QED) is 0.617. The van der Waals surface area contributed by atoms with Crippen molar-refractivity contribution in [3.63, 3.8) is 0 Å². The van der Waals surface area contributed by atoms with Crippen molar-refractivity contribution in [2.75, 3.05) is 13.2 Å². The maximum Gasteiger partial charge on any atom is 0.321 e. The molecule has 0 radical (unpaired) electrons. The first-order chi connectivity index (χ1) is 12.7. The summed E-state index contributed by atoms with van der Waals surface area (Å²) >= 11 is 5.97. The molecule has 0 bridgehead atoms. The van der Waals surface area contributed by atoms with Crippen LogP contribution in [0.3, 0.4) is 0 Å². The Morgan fingerprint density at radius 3 is 2.59 bits per heavy atom. The van der Waals surface area contributed by atoms with Crippen LogP contribution in [0, 0.1) is 13.8 Å². The van der Waals surface area contributed by atoms with Crippen LogP contribution in [-0.2, 0) is 30.9 Å². The molecule has 0 aliphatic heterocycles. The van der Waals surface area contributed by atoms with Crippen molar-refractivity contribution < 1.29 is 27.3 Å². The van der Waals surface area contributed by atoms with Crippen molar-refractivity contribution >= 4 is 33.5 Å². The molecule has 1 amide bonds. The van der Waals surface area contributed by atoms with Gasteiger partial charge in [0.1, 0.15) is 17.1 Å². The van der Waals surface area contributed by atoms with E-state index in [0.717, 1.165) is 0 Å². The third-order valence-electron chi connectivity index (χ3n) is 3.44. The molecule has 27 heavy (non-hydrogen) atoms. The van der Waals surface area contributed by atoms with Crippen LogP contribution in [0.15, 0.2) is 33.7 Å². The first-order valence-corrected chi connectivity index (χ1v) is 9.65. The molecule has 9 nitrogen and oxygen atoms in total. The van der Waals surface area contributed by atoms with Crippen LogP contribution in [-0.4, -0.2) is 38.6 Å². The fraction of sp³-hybridized carbons (Fsp3) is 0.312. The predicted octanol–water partition coefficient (Wildman–Crippen LogP) is 1.08. The molecule has 0 atom stereocenters. The first kappa shape index (κ1) is 20.9. The highest BCUT2D eigenvalue weighted by Crippen LogP contribution is 2.18. The van der Waals surface area contributed by atoms with Gasteiger partial charge in [-0.2, -0.15) is 4.72 Å². The topological polar surface area (TPSA) is 128 Å². The molecular formula is C16H18ClN3O6S. The van der Waals surface area contributed by atoms with Gasteiger partial charge in [0.15, 0.2) is 12.4 Å². The van der Waals surface area contributed by atoms with E-state index in [-0.39, 0.29) is 22.9 Å². The maximum atomic E-state index is 12.2. The number of carbonyl (C=O) groups is 2. The van der Waals surface area contributed by atoms with E-state index in [1.54, 1.807) is 24.3 Å². The number of benzene rings is 1. The number of rotatable bonds is 8. The Hall–Kier alpha value is -2.43. The number of amides is 1. The van der Waals surface area contributed by atoms with E-state index in [1.807, 2.05) is 0 Å². The minimum Gasteiger partial charge on any atom is -0.455 e. The lowest BCUT2D eigenvalue weighted by Crippen LogP contribution is -2.34. The normalized spacial score (nSPS) is 11.2. The summed E-state index contributed by atoms with van der Waals surface area (Å²) in [5.41, 5.74) is 0.887. The number of ether oxygens (including phenoxy) is 1. The second-order valence-corrected chi connectivity index (χ2v) is 7.62. The summed E-state index contributed by atoms with van der Waals surface area (Å²) in [5, 5.41) is 6.60. The van der Waals surface area contributed by atoms with E-state index in [0.29, 0.717) is 10.6 Å². The number of esters is 1. The van der Waals surface area contributed by atoms with Crippen molar-refractivity contribution in [3.8, 4) is 0 Å². The monoisotopic (exact) mass is 415 g/mol. The van der Waals surface area contributed by atoms with Gasteiger partial charge in [-0.1, -0.05) is 35.0 Å². The van der Waals surface area contributed by atoms with Crippen LogP contribution in [0.2, 0.25) is 5.02 Å². The minimum absolute atomic E-state index is 0.104. The van der Waals surface area contributed by atoms with Gasteiger partial charge in [0.2, 0.25) is 10.0 Å². The van der Waals surface area contributed by atoms with Crippen molar-refractivity contribution in [1.29, 1.82) is 0 Å². The molecule has 1 aromatic heterocycles. The molecule has 0 aliphatic rings. The summed E-state index contributed by atoms with van der Waals surface area (Å²) in [6, 6.07) is 6.98. The molecule has 0 aliphatic carbocycles. The lowest BCUT2D eigenvalue weighted by molar-refractivity contribution is -0.147. The Labute approximate surface area is 161 Å². The Morgan fingerprint density at radius 2 is 1.96 bits per heavy atom. The highest BCUT2D eigenvalue weighted by atomic mass is 35.5. The zero-order chi connectivity index (χ0) is 20.0. The summed E-state index contributed by atoms with van der Waals surface area (Å²) in [4.78, 5) is 23.3. The number of hydrogen-bond acceptors (Lipinski definition) is 7. The third-order valence-corrected chi connectivity index (χ3v) is 5.45. The van der Waals surface area contributed by atoms with Gasteiger partial charge in [0.05, 0.1) is 0 Å². The number of carbonyl (C=O) groups excluding carboxylic acids is 2. The molecule has 11 heteroatoms. The van der Waals surface area contributed by atoms with Gasteiger partial charge in [-0.05, 0) is 25.5 Å². The Bertz CT molecular complexity index is 922. The van der Waals surface area contributed by atoms with Crippen molar-refractivity contribution in [3.05, 3.63) is 46.3 Å². The predicted molar refractivity (Wildman–Crippen MR) is 95.4 cm³/mol. The molecule has 1 aromatic carbocycles. The largest absolute Gasteiger partial charge is 0.455 e. The van der Waals surface area contributed by atoms with E-state index >= 15 is 0 Å². The minimum atomic E-state index is -3.99. The second-order valence-electron chi connectivity index (χ2n) is 5.51. The highest BCUT2D eigenvalue weighted by Gasteiger charge is 2.25. The van der Waals surface area contributed by atoms with Crippen LogP contribution in [0.5, 0.6) is 0 Å². The van der Waals surface area contributed by atoms with Crippen LogP contribution in [0.1, 0.15) is 17.0 Å². The van der Waals surface area contributed by atoms with Gasteiger partial charge in [-0.15, -0.1) is 0 Å². The van der Waals surface area contributed by atoms with Gasteiger partial charge >= 0.3 is 5.97 Å². The van der Waals surface area contributed by atoms with Gasteiger partial charge in [0, 0.05) is 11.6 Å². The summed E-state index contributed by atoms with van der Waals surface area (Å²) in [6.45, 7) is 1.90. The van der Waals surface area contributed by atoms with E-state index < -0.39 is 35.1 Å². The molecule has 2 rings (SSSR count). The average Bonchev–Trinajstić information content (AvgIpc) is 2.96. The van der Waals surface area contributed by atoms with E-state index in [9.17, 15) is 18.0 Å². The highest BCUT2D eigenvalue weighted by molar-refractivity contribution is 7.89. The SMILES string of the molecule is Cc1noc(C)c1S(=O)(=O)NCC(=O)OCC(=O)NCc1ccccc1Cl. The summed E-state index contributed by atoms with van der Waals surface area (Å²) in [6.07, 6.45) is 0. The lowest BCUT2D eigenvalue weighted by atomic mass is 10.2. The fourth-order valence-corrected chi connectivity index (χ4v) is 3.66. The summed E-state index contributed by atoms with van der Waals surface area (Å²) in [7, 11) is -3.99. The van der Waals surface area contributed by atoms with Crippen LogP contribution < -0.4 is 10.0 Å². The molecule has 1 heterocycles. The van der Waals surface area contributed by atoms with E-state index in [1.165, 1.54) is 13.8 Å². The standard InChI is InChI=1S/C16H18ClN3O6S/c1-10-16(11(2)26-20-10)27(23,24)19-8-15(22)25-9-14(21)18-7-12-5-3-4-6-13(12)17/h3-6,19H,7-9H2,1-2H3,(H,18,21). The Morgan fingerprint density at radius 1 is 1.26 bits per heavy atom. The number of hydrogen-bond donors (Lipinski definition) is 2. The summed E-state index contributed by atoms with van der Waals surface area (Å²) < 4.78 is 35.9. The molecule has 0 saturated heterocycles. The number of nitrogens with zero attached hydrogens (tertiary/aromatic N) is 1. The number of nitrogens with one attached hydrogen (secondary N) is 2. The van der Waals surface area contributed by atoms with Gasteiger partial charge in [0.25, 0.3) is 5.91 Å². The zero-order valence-corrected chi connectivity index (χ0v) is 16.2. The number of aryl methyl sites for hydroxylation is 2. The molecule has 146 valence electrons. The first-order valence-electron chi connectivity index (χ1n) is 7.79. The third kappa shape index (κ3) is 5.78. The van der Waals surface area contributed by atoms with Gasteiger partial charge in [-0.3, -0.25) is 9.59 Å². The van der Waals surface area contributed by atoms with Gasteiger partial charge < -0.3 is 14.6 Å². The van der Waals surface area contributed by atoms with Crippen LogP contribution in [0.25, 0.3) is 0 Å². The van der Waals surface area contributed by atoms with Crippen molar-refractivity contribution in [1.82, 2.24) is 15.2 Å². The molecule has 0 saturated carbocycles. The van der Waals surface area contributed by atoms with Gasteiger partial charge in [-0.25, -0.2) is 8.42 Å². The number of sulfonamides is 1. The summed E-state index contributed by atoms with van der Waals surface area (Å²) in [5.74, 6) is -1.35. The van der Waals surface area contributed by atoms with E-state index in [4.69, 9.17) is 20.9 Å². The van der Waals surface area contributed by atoms with Crippen LogP contribution in [0.4, 0.5) is 0 Å². The lowest BCUT2D eigenvalue weighted by Gasteiger charge is -2.08. The zero-order valence-electron chi connectivity index (χ0n) is 14.6. The molecule has 0 unspecified atom stereocenters. The molecular weight excluding hydrogens is 398 g/mol.